The molecule has 5 rings (SSSR count). The summed E-state index contributed by atoms with van der Waals surface area (Å²) in [4.78, 5) is 32.1. The maximum Gasteiger partial charge on any atom is 0.243 e. The van der Waals surface area contributed by atoms with Gasteiger partial charge in [0.05, 0.1) is 5.02 Å². The number of hydrogen-bond acceptors (Lipinski definition) is 5. The minimum atomic E-state index is -0.161. The van der Waals surface area contributed by atoms with Gasteiger partial charge in [-0.3, -0.25) is 4.79 Å². The van der Waals surface area contributed by atoms with Crippen LogP contribution in [0.5, 0.6) is 0 Å². The maximum atomic E-state index is 13.0. The van der Waals surface area contributed by atoms with Crippen molar-refractivity contribution in [3.8, 4) is 11.4 Å². The van der Waals surface area contributed by atoms with Crippen LogP contribution in [0.4, 0.5) is 5.82 Å². The van der Waals surface area contributed by atoms with Crippen molar-refractivity contribution in [2.45, 2.75) is 38.6 Å². The number of aromatic amines is 1. The number of halogens is 1. The van der Waals surface area contributed by atoms with E-state index in [1.165, 1.54) is 12.8 Å². The molecule has 7 nitrogen and oxygen atoms in total. The lowest BCUT2D eigenvalue weighted by molar-refractivity contribution is -0.123. The summed E-state index contributed by atoms with van der Waals surface area (Å²) in [6.45, 7) is 3.65. The standard InChI is InChI=1S/C22H25ClN6O/c1-2-7-25-22(30)19-15-5-3-4-13(15)12-29(19)18-6-8-24-21(28-18)17-11-27-20-16(17)9-14(23)10-26-20/h6,8-11,13,15,19H,2-5,7,12H2,1H3,(H,25,30)(H,26,27)/t13-,15-,19-/m1/s1. The first-order valence-electron chi connectivity index (χ1n) is 10.7. The Hall–Kier alpha value is -2.67. The second kappa shape index (κ2) is 7.87. The average Bonchev–Trinajstić information content (AvgIpc) is 3.45. The van der Waals surface area contributed by atoms with Crippen molar-refractivity contribution in [1.82, 2.24) is 25.3 Å². The molecule has 30 heavy (non-hydrogen) atoms. The summed E-state index contributed by atoms with van der Waals surface area (Å²) in [6, 6.07) is 3.61. The van der Waals surface area contributed by atoms with Gasteiger partial charge in [0.25, 0.3) is 0 Å². The van der Waals surface area contributed by atoms with Gasteiger partial charge in [-0.2, -0.15) is 0 Å². The van der Waals surface area contributed by atoms with Gasteiger partial charge in [-0.05, 0) is 43.2 Å². The van der Waals surface area contributed by atoms with Crippen LogP contribution < -0.4 is 10.2 Å². The first kappa shape index (κ1) is 19.3. The number of hydrogen-bond donors (Lipinski definition) is 2. The van der Waals surface area contributed by atoms with Crippen LogP contribution in [-0.4, -0.2) is 45.0 Å². The molecule has 1 aliphatic heterocycles. The van der Waals surface area contributed by atoms with E-state index in [0.717, 1.165) is 41.8 Å². The number of fused-ring (bicyclic) bond motifs is 2. The number of carbonyl (C=O) groups is 1. The van der Waals surface area contributed by atoms with E-state index < -0.39 is 0 Å². The largest absolute Gasteiger partial charge is 0.354 e. The van der Waals surface area contributed by atoms with Crippen molar-refractivity contribution in [2.24, 2.45) is 11.8 Å². The molecule has 3 aromatic heterocycles. The van der Waals surface area contributed by atoms with Crippen molar-refractivity contribution < 1.29 is 4.79 Å². The summed E-state index contributed by atoms with van der Waals surface area (Å²) in [5.41, 5.74) is 1.60. The number of carbonyl (C=O) groups excluding carboxylic acids is 1. The predicted molar refractivity (Wildman–Crippen MR) is 117 cm³/mol. The molecule has 2 aliphatic rings. The van der Waals surface area contributed by atoms with Crippen molar-refractivity contribution in [3.05, 3.63) is 35.7 Å². The molecule has 2 fully saturated rings. The third-order valence-electron chi connectivity index (χ3n) is 6.38. The van der Waals surface area contributed by atoms with Crippen molar-refractivity contribution in [1.29, 1.82) is 0 Å². The van der Waals surface area contributed by atoms with E-state index in [2.05, 4.69) is 32.1 Å². The zero-order valence-electron chi connectivity index (χ0n) is 16.9. The van der Waals surface area contributed by atoms with Gasteiger partial charge in [0.1, 0.15) is 17.5 Å². The van der Waals surface area contributed by atoms with Crippen LogP contribution in [0.3, 0.4) is 0 Å². The summed E-state index contributed by atoms with van der Waals surface area (Å²) >= 11 is 6.15. The zero-order chi connectivity index (χ0) is 20.7. The molecule has 1 aliphatic carbocycles. The summed E-state index contributed by atoms with van der Waals surface area (Å²) in [5, 5.41) is 4.56. The van der Waals surface area contributed by atoms with Crippen LogP contribution in [0.15, 0.2) is 30.7 Å². The van der Waals surface area contributed by atoms with E-state index in [1.54, 1.807) is 12.4 Å². The van der Waals surface area contributed by atoms with E-state index in [0.29, 0.717) is 29.2 Å². The Balaban J connectivity index is 1.50. The van der Waals surface area contributed by atoms with Crippen molar-refractivity contribution in [3.63, 3.8) is 0 Å². The molecule has 8 heteroatoms. The number of nitrogens with one attached hydrogen (secondary N) is 2. The Morgan fingerprint density at radius 1 is 1.37 bits per heavy atom. The van der Waals surface area contributed by atoms with E-state index in [-0.39, 0.29) is 11.9 Å². The molecule has 1 saturated carbocycles. The Morgan fingerprint density at radius 3 is 3.13 bits per heavy atom. The Labute approximate surface area is 180 Å². The summed E-state index contributed by atoms with van der Waals surface area (Å²) in [5.74, 6) is 2.48. The summed E-state index contributed by atoms with van der Waals surface area (Å²) < 4.78 is 0. The van der Waals surface area contributed by atoms with Gasteiger partial charge in [0, 0.05) is 42.6 Å². The van der Waals surface area contributed by atoms with Crippen LogP contribution in [0.25, 0.3) is 22.4 Å². The SMILES string of the molecule is CCCNC(=O)[C@H]1[C@@H]2CCC[C@@H]2CN1c1ccnc(-c2c[nH]c3ncc(Cl)cc23)n1. The third kappa shape index (κ3) is 3.31. The first-order chi connectivity index (χ1) is 14.7. The van der Waals surface area contributed by atoms with Crippen LogP contribution in [0, 0.1) is 11.8 Å². The highest BCUT2D eigenvalue weighted by atomic mass is 35.5. The van der Waals surface area contributed by atoms with Gasteiger partial charge >= 0.3 is 0 Å². The predicted octanol–water partition coefficient (Wildman–Crippen LogP) is 3.80. The topological polar surface area (TPSA) is 86.8 Å². The van der Waals surface area contributed by atoms with Gasteiger partial charge in [-0.1, -0.05) is 24.9 Å². The molecule has 2 N–H and O–H groups in total. The maximum absolute atomic E-state index is 13.0. The second-order valence-electron chi connectivity index (χ2n) is 8.23. The van der Waals surface area contributed by atoms with Gasteiger partial charge < -0.3 is 15.2 Å². The second-order valence-corrected chi connectivity index (χ2v) is 8.67. The van der Waals surface area contributed by atoms with Crippen molar-refractivity contribution in [2.75, 3.05) is 18.0 Å². The van der Waals surface area contributed by atoms with E-state index >= 15 is 0 Å². The minimum Gasteiger partial charge on any atom is -0.354 e. The van der Waals surface area contributed by atoms with Gasteiger partial charge in [-0.25, -0.2) is 15.0 Å². The number of pyridine rings is 1. The fraction of sp³-hybridized carbons (Fsp3) is 0.455. The Morgan fingerprint density at radius 2 is 2.27 bits per heavy atom. The normalized spacial score (nSPS) is 23.1. The van der Waals surface area contributed by atoms with Crippen LogP contribution in [0.2, 0.25) is 5.02 Å². The smallest absolute Gasteiger partial charge is 0.243 e. The molecular weight excluding hydrogens is 400 g/mol. The molecule has 1 saturated heterocycles. The highest BCUT2D eigenvalue weighted by Gasteiger charge is 2.48. The lowest BCUT2D eigenvalue weighted by Gasteiger charge is -2.28. The lowest BCUT2D eigenvalue weighted by atomic mass is 9.93. The summed E-state index contributed by atoms with van der Waals surface area (Å²) in [6.07, 6.45) is 9.67. The molecule has 0 radical (unpaired) electrons. The van der Waals surface area contributed by atoms with E-state index in [9.17, 15) is 4.79 Å². The molecule has 0 spiro atoms. The fourth-order valence-electron chi connectivity index (χ4n) is 5.03. The molecular formula is C22H25ClN6O. The number of amides is 1. The molecule has 3 atom stereocenters. The first-order valence-corrected chi connectivity index (χ1v) is 11.0. The van der Waals surface area contributed by atoms with E-state index in [1.807, 2.05) is 18.3 Å². The minimum absolute atomic E-state index is 0.120. The van der Waals surface area contributed by atoms with Gasteiger partial charge in [-0.15, -0.1) is 0 Å². The molecule has 0 aromatic carbocycles. The monoisotopic (exact) mass is 424 g/mol. The molecule has 4 heterocycles. The van der Waals surface area contributed by atoms with Gasteiger partial charge in [0.15, 0.2) is 5.82 Å². The van der Waals surface area contributed by atoms with Gasteiger partial charge in [0.2, 0.25) is 5.91 Å². The number of aromatic nitrogens is 4. The Bertz CT molecular complexity index is 1080. The molecule has 0 unspecified atom stereocenters. The molecule has 3 aromatic rings. The highest BCUT2D eigenvalue weighted by molar-refractivity contribution is 6.31. The van der Waals surface area contributed by atoms with Crippen molar-refractivity contribution >= 4 is 34.4 Å². The third-order valence-corrected chi connectivity index (χ3v) is 6.59. The average molecular weight is 425 g/mol. The van der Waals surface area contributed by atoms with Crippen LogP contribution in [0.1, 0.15) is 32.6 Å². The molecule has 156 valence electrons. The number of H-pyrrole nitrogens is 1. The van der Waals surface area contributed by atoms with Crippen LogP contribution >= 0.6 is 11.6 Å². The molecule has 1 amide bonds. The zero-order valence-corrected chi connectivity index (χ0v) is 17.7. The quantitative estimate of drug-likeness (QED) is 0.650. The number of anilines is 1. The summed E-state index contributed by atoms with van der Waals surface area (Å²) in [7, 11) is 0. The lowest BCUT2D eigenvalue weighted by Crippen LogP contribution is -2.46. The number of rotatable bonds is 5. The fourth-order valence-corrected chi connectivity index (χ4v) is 5.19. The number of nitrogens with zero attached hydrogens (tertiary/aromatic N) is 4. The highest BCUT2D eigenvalue weighted by Crippen LogP contribution is 2.43. The van der Waals surface area contributed by atoms with Crippen LogP contribution in [-0.2, 0) is 4.79 Å². The Kier molecular flexibility index (Phi) is 5.06. The van der Waals surface area contributed by atoms with E-state index in [4.69, 9.17) is 16.6 Å². The molecule has 0 bridgehead atoms.